The number of imidazole rings is 1. The lowest BCUT2D eigenvalue weighted by Crippen LogP contribution is -2.08. The van der Waals surface area contributed by atoms with Crippen molar-refractivity contribution in [3.8, 4) is 11.4 Å². The molecule has 37 heavy (non-hydrogen) atoms. The van der Waals surface area contributed by atoms with Gasteiger partial charge in [0.15, 0.2) is 22.5 Å². The maximum Gasteiger partial charge on any atom is 0.185 e. The summed E-state index contributed by atoms with van der Waals surface area (Å²) in [5, 5.41) is 15.9. The first kappa shape index (κ1) is 23.3. The molecule has 0 spiro atoms. The summed E-state index contributed by atoms with van der Waals surface area (Å²) in [6.07, 6.45) is 9.72. The van der Waals surface area contributed by atoms with E-state index < -0.39 is 5.82 Å². The molecule has 0 saturated heterocycles. The van der Waals surface area contributed by atoms with Crippen LogP contribution in [0.5, 0.6) is 5.75 Å². The van der Waals surface area contributed by atoms with Crippen LogP contribution in [0.4, 0.5) is 4.39 Å². The van der Waals surface area contributed by atoms with Crippen LogP contribution in [0.2, 0.25) is 5.15 Å². The fraction of sp³-hybridized carbons (Fsp3) is 0.280. The summed E-state index contributed by atoms with van der Waals surface area (Å²) in [6.45, 7) is 0.377. The van der Waals surface area contributed by atoms with Crippen LogP contribution in [-0.2, 0) is 13.0 Å². The molecule has 4 aromatic heterocycles. The van der Waals surface area contributed by atoms with E-state index in [2.05, 4.69) is 37.9 Å². The molecule has 10 nitrogen and oxygen atoms in total. The van der Waals surface area contributed by atoms with E-state index in [1.165, 1.54) is 42.5 Å². The van der Waals surface area contributed by atoms with Crippen molar-refractivity contribution in [2.24, 2.45) is 0 Å². The van der Waals surface area contributed by atoms with E-state index in [0.717, 1.165) is 11.3 Å². The zero-order valence-electron chi connectivity index (χ0n) is 19.9. The quantitative estimate of drug-likeness (QED) is 0.270. The number of rotatable bonds is 9. The van der Waals surface area contributed by atoms with Crippen molar-refractivity contribution in [2.45, 2.75) is 38.1 Å². The monoisotopic (exact) mass is 520 g/mol. The second-order valence-electron chi connectivity index (χ2n) is 9.02. The number of pyridine rings is 1. The van der Waals surface area contributed by atoms with Crippen molar-refractivity contribution in [1.82, 2.24) is 39.4 Å². The van der Waals surface area contributed by atoms with Gasteiger partial charge in [0.25, 0.3) is 0 Å². The molecule has 6 rings (SSSR count). The van der Waals surface area contributed by atoms with Gasteiger partial charge in [-0.25, -0.2) is 18.7 Å². The fourth-order valence-corrected chi connectivity index (χ4v) is 4.52. The second kappa shape index (κ2) is 9.40. The molecule has 0 N–H and O–H groups in total. The van der Waals surface area contributed by atoms with Gasteiger partial charge in [0.05, 0.1) is 37.4 Å². The summed E-state index contributed by atoms with van der Waals surface area (Å²) >= 11 is 5.88. The molecule has 1 aromatic carbocycles. The lowest BCUT2D eigenvalue weighted by Gasteiger charge is -2.12. The molecule has 188 valence electrons. The largest absolute Gasteiger partial charge is 0.494 e. The average Bonchev–Trinajstić information content (AvgIpc) is 3.28. The Morgan fingerprint density at radius 1 is 1.11 bits per heavy atom. The number of hydrogen-bond acceptors (Lipinski definition) is 7. The van der Waals surface area contributed by atoms with Crippen LogP contribution in [0.1, 0.15) is 52.5 Å². The number of ether oxygens (including phenoxy) is 1. The third kappa shape index (κ3) is 4.69. The smallest absolute Gasteiger partial charge is 0.185 e. The number of nitrogens with zero attached hydrogens (tertiary/aromatic N) is 8. The highest BCUT2D eigenvalue weighted by atomic mass is 35.5. The average molecular weight is 521 g/mol. The molecule has 0 amide bonds. The Labute approximate surface area is 215 Å². The molecular formula is C25H22ClFN8O2. The predicted octanol–water partition coefficient (Wildman–Crippen LogP) is 4.05. The van der Waals surface area contributed by atoms with Crippen LogP contribution in [0.15, 0.2) is 49.1 Å². The Bertz CT molecular complexity index is 1620. The van der Waals surface area contributed by atoms with E-state index in [0.29, 0.717) is 18.2 Å². The van der Waals surface area contributed by atoms with Crippen molar-refractivity contribution < 1.29 is 13.9 Å². The number of fused-ring (bicyclic) bond motifs is 1. The Balaban J connectivity index is 1.17. The molecule has 0 aliphatic heterocycles. The van der Waals surface area contributed by atoms with Crippen molar-refractivity contribution in [3.63, 3.8) is 0 Å². The van der Waals surface area contributed by atoms with Gasteiger partial charge in [-0.05, 0) is 48.9 Å². The molecule has 5 aromatic rings. The SMILES string of the molecule is COc1ccc(-n2cc(Cl)nn2)c(CCC(=O)c2cn(Cc3cn4cc(C5CC5)ccc4n3)nn2)c1F. The standard InChI is InChI=1S/C25H22ClFN8O2/c1-37-22-8-6-20(35-14-23(26)30-32-35)18(25(22)27)5-7-21(36)19-13-34(31-29-19)12-17-11-33-10-16(15-2-3-15)4-9-24(33)28-17/h4,6,8-11,13-15H,2-3,5,7,12H2,1H3. The minimum atomic E-state index is -0.570. The number of carbonyl (C=O) groups excluding carboxylic acids is 1. The normalized spacial score (nSPS) is 13.4. The van der Waals surface area contributed by atoms with Crippen molar-refractivity contribution in [1.29, 1.82) is 0 Å². The number of benzene rings is 1. The van der Waals surface area contributed by atoms with Gasteiger partial charge in [0.2, 0.25) is 0 Å². The molecule has 0 radical (unpaired) electrons. The van der Waals surface area contributed by atoms with E-state index in [4.69, 9.17) is 16.3 Å². The highest BCUT2D eigenvalue weighted by molar-refractivity contribution is 6.29. The van der Waals surface area contributed by atoms with Crippen LogP contribution in [-0.4, -0.2) is 52.3 Å². The number of aromatic nitrogens is 8. The van der Waals surface area contributed by atoms with Gasteiger partial charge in [0, 0.05) is 24.4 Å². The van der Waals surface area contributed by atoms with E-state index in [1.54, 1.807) is 16.9 Å². The first-order valence-electron chi connectivity index (χ1n) is 11.8. The van der Waals surface area contributed by atoms with Gasteiger partial charge < -0.3 is 9.14 Å². The molecule has 1 aliphatic rings. The minimum Gasteiger partial charge on any atom is -0.494 e. The van der Waals surface area contributed by atoms with Gasteiger partial charge in [-0.15, -0.1) is 10.2 Å². The van der Waals surface area contributed by atoms with E-state index in [9.17, 15) is 4.79 Å². The maximum absolute atomic E-state index is 15.1. The zero-order valence-corrected chi connectivity index (χ0v) is 20.6. The summed E-state index contributed by atoms with van der Waals surface area (Å²) < 4.78 is 25.2. The van der Waals surface area contributed by atoms with Crippen LogP contribution < -0.4 is 4.74 Å². The summed E-state index contributed by atoms with van der Waals surface area (Å²) in [5.74, 6) is -0.102. The number of hydrogen-bond donors (Lipinski definition) is 0. The van der Waals surface area contributed by atoms with Crippen molar-refractivity contribution >= 4 is 23.0 Å². The topological polar surface area (TPSA) is 105 Å². The lowest BCUT2D eigenvalue weighted by molar-refractivity contribution is 0.0977. The van der Waals surface area contributed by atoms with Crippen LogP contribution in [0, 0.1) is 5.82 Å². The zero-order chi connectivity index (χ0) is 25.5. The molecule has 4 heterocycles. The van der Waals surface area contributed by atoms with Crippen LogP contribution in [0.3, 0.4) is 0 Å². The van der Waals surface area contributed by atoms with Crippen LogP contribution in [0.25, 0.3) is 11.3 Å². The highest BCUT2D eigenvalue weighted by Crippen LogP contribution is 2.39. The van der Waals surface area contributed by atoms with Gasteiger partial charge in [-0.1, -0.05) is 28.1 Å². The fourth-order valence-electron chi connectivity index (χ4n) is 4.39. The molecule has 12 heteroatoms. The Kier molecular flexibility index (Phi) is 5.91. The molecule has 1 saturated carbocycles. The summed E-state index contributed by atoms with van der Waals surface area (Å²) in [6, 6.07) is 7.28. The van der Waals surface area contributed by atoms with E-state index in [-0.39, 0.29) is 40.8 Å². The second-order valence-corrected chi connectivity index (χ2v) is 9.41. The first-order chi connectivity index (χ1) is 18.0. The van der Waals surface area contributed by atoms with E-state index >= 15 is 4.39 Å². The summed E-state index contributed by atoms with van der Waals surface area (Å²) in [5.41, 5.74) is 3.89. The number of halogens is 2. The van der Waals surface area contributed by atoms with Gasteiger partial charge >= 0.3 is 0 Å². The maximum atomic E-state index is 15.1. The number of ketones is 1. The molecule has 1 fully saturated rings. The van der Waals surface area contributed by atoms with Gasteiger partial charge in [0.1, 0.15) is 11.3 Å². The first-order valence-corrected chi connectivity index (χ1v) is 12.2. The Morgan fingerprint density at radius 3 is 2.73 bits per heavy atom. The Hall–Kier alpha value is -4.12. The third-order valence-corrected chi connectivity index (χ3v) is 6.61. The summed E-state index contributed by atoms with van der Waals surface area (Å²) in [4.78, 5) is 17.5. The Morgan fingerprint density at radius 2 is 1.97 bits per heavy atom. The van der Waals surface area contributed by atoms with Crippen molar-refractivity contribution in [2.75, 3.05) is 7.11 Å². The number of carbonyl (C=O) groups is 1. The minimum absolute atomic E-state index is 0.0104. The lowest BCUT2D eigenvalue weighted by atomic mass is 10.0. The van der Waals surface area contributed by atoms with Gasteiger partial charge in [-0.3, -0.25) is 4.79 Å². The van der Waals surface area contributed by atoms with Gasteiger partial charge in [-0.2, -0.15) is 0 Å². The number of Topliss-reactive ketones (excluding diaryl/α,β-unsaturated/α-hetero) is 1. The number of methoxy groups -OCH3 is 1. The molecule has 0 unspecified atom stereocenters. The van der Waals surface area contributed by atoms with E-state index in [1.807, 2.05) is 16.7 Å². The molecule has 0 bridgehead atoms. The van der Waals surface area contributed by atoms with Crippen LogP contribution >= 0.6 is 11.6 Å². The molecular weight excluding hydrogens is 499 g/mol. The predicted molar refractivity (Wildman–Crippen MR) is 132 cm³/mol. The molecule has 1 aliphatic carbocycles. The van der Waals surface area contributed by atoms with Crippen molar-refractivity contribution in [3.05, 3.63) is 82.5 Å². The highest BCUT2D eigenvalue weighted by Gasteiger charge is 2.24. The summed E-state index contributed by atoms with van der Waals surface area (Å²) in [7, 11) is 1.38. The molecule has 0 atom stereocenters. The third-order valence-electron chi connectivity index (χ3n) is 6.44.